The van der Waals surface area contributed by atoms with E-state index in [4.69, 9.17) is 16.3 Å². The fraction of sp³-hybridized carbons (Fsp3) is 0.308. The first-order valence-electron chi connectivity index (χ1n) is 11.1. The van der Waals surface area contributed by atoms with Crippen LogP contribution in [0.15, 0.2) is 60.7 Å². The Hall–Kier alpha value is -3.25. The molecule has 0 spiro atoms. The van der Waals surface area contributed by atoms with Gasteiger partial charge in [0.15, 0.2) is 12.4 Å². The van der Waals surface area contributed by atoms with E-state index in [1.807, 2.05) is 0 Å². The summed E-state index contributed by atoms with van der Waals surface area (Å²) in [6.45, 7) is -0.459. The Morgan fingerprint density at radius 2 is 1.52 bits per heavy atom. The maximum atomic E-state index is 13.4. The summed E-state index contributed by atoms with van der Waals surface area (Å²) in [7, 11) is 0. The van der Waals surface area contributed by atoms with Gasteiger partial charge in [-0.2, -0.15) is 0 Å². The highest BCUT2D eigenvalue weighted by atomic mass is 35.5. The normalized spacial score (nSPS) is 30.8. The molecule has 1 saturated heterocycles. The number of Topliss-reactive ketones (excluding diaryl/α,β-unsaturated/α-hetero) is 1. The molecule has 6 atom stereocenters. The fourth-order valence-electron chi connectivity index (χ4n) is 5.96. The predicted molar refractivity (Wildman–Crippen MR) is 120 cm³/mol. The predicted octanol–water partition coefficient (Wildman–Crippen LogP) is 3.94. The molecule has 5 aliphatic rings. The van der Waals surface area contributed by atoms with Gasteiger partial charge in [-0.15, -0.1) is 0 Å². The van der Waals surface area contributed by atoms with Crippen molar-refractivity contribution < 1.29 is 23.9 Å². The molecule has 2 bridgehead atoms. The Labute approximate surface area is 195 Å². The van der Waals surface area contributed by atoms with Gasteiger partial charge < -0.3 is 4.74 Å². The SMILES string of the molecule is O=C(COC(=O)c1ccccc1N1C(=O)[C@@H]2[C@H]3C=C[C@H]([C@H]4C[C@H]34)[C@@H]2C1=O)c1ccc(Cl)cc1. The van der Waals surface area contributed by atoms with E-state index in [0.29, 0.717) is 22.4 Å². The molecule has 1 aliphatic heterocycles. The van der Waals surface area contributed by atoms with E-state index >= 15 is 0 Å². The lowest BCUT2D eigenvalue weighted by Crippen LogP contribution is -2.40. The summed E-state index contributed by atoms with van der Waals surface area (Å²) < 4.78 is 5.26. The van der Waals surface area contributed by atoms with Gasteiger partial charge in [-0.05, 0) is 66.5 Å². The molecule has 4 aliphatic carbocycles. The molecule has 6 nitrogen and oxygen atoms in total. The molecule has 166 valence electrons. The second-order valence-corrected chi connectivity index (χ2v) is 9.63. The number of nitrogens with zero attached hydrogens (tertiary/aromatic N) is 1. The summed E-state index contributed by atoms with van der Waals surface area (Å²) in [4.78, 5) is 53.3. The van der Waals surface area contributed by atoms with Crippen LogP contribution in [0.2, 0.25) is 5.02 Å². The van der Waals surface area contributed by atoms with Crippen LogP contribution in [0.25, 0.3) is 0 Å². The van der Waals surface area contributed by atoms with Gasteiger partial charge in [0, 0.05) is 10.6 Å². The zero-order valence-electron chi connectivity index (χ0n) is 17.5. The molecule has 2 aromatic carbocycles. The Morgan fingerprint density at radius 1 is 0.909 bits per heavy atom. The summed E-state index contributed by atoms with van der Waals surface area (Å²) in [6.07, 6.45) is 5.30. The number of carbonyl (C=O) groups is 4. The van der Waals surface area contributed by atoms with Crippen molar-refractivity contribution in [1.82, 2.24) is 0 Å². The third-order valence-corrected chi connectivity index (χ3v) is 7.78. The van der Waals surface area contributed by atoms with Gasteiger partial charge in [0.2, 0.25) is 11.8 Å². The number of rotatable bonds is 5. The lowest BCUT2D eigenvalue weighted by Gasteiger charge is -2.37. The van der Waals surface area contributed by atoms with Crippen LogP contribution in [0.5, 0.6) is 0 Å². The van der Waals surface area contributed by atoms with Gasteiger partial charge in [-0.25, -0.2) is 9.69 Å². The average molecular weight is 462 g/mol. The minimum absolute atomic E-state index is 0.0900. The first-order valence-corrected chi connectivity index (χ1v) is 11.4. The van der Waals surface area contributed by atoms with Crippen LogP contribution >= 0.6 is 11.6 Å². The number of allylic oxidation sites excluding steroid dienone is 2. The molecule has 7 rings (SSSR count). The minimum atomic E-state index is -0.757. The van der Waals surface area contributed by atoms with Crippen molar-refractivity contribution in [2.45, 2.75) is 6.42 Å². The average Bonchev–Trinajstić information content (AvgIpc) is 3.61. The molecule has 2 amide bonds. The molecule has 0 radical (unpaired) electrons. The van der Waals surface area contributed by atoms with Crippen LogP contribution in [0.1, 0.15) is 27.1 Å². The number of benzene rings is 2. The standard InChI is InChI=1S/C26H20ClNO5/c27-14-7-5-13(6-8-14)21(29)12-33-26(32)17-3-1-2-4-20(17)28-24(30)22-15-9-10-16(19-11-18(15)19)23(22)25(28)31/h1-10,15-16,18-19,22-23H,11-12H2/t15-,16+,18-,19-,22+,23-/m1/s1. The Balaban J connectivity index is 1.24. The van der Waals surface area contributed by atoms with E-state index in [0.717, 1.165) is 6.42 Å². The van der Waals surface area contributed by atoms with E-state index in [-0.39, 0.29) is 52.5 Å². The van der Waals surface area contributed by atoms with Crippen molar-refractivity contribution in [3.63, 3.8) is 0 Å². The summed E-state index contributed by atoms with van der Waals surface area (Å²) in [6, 6.07) is 12.7. The van der Waals surface area contributed by atoms with E-state index in [1.165, 1.54) is 11.0 Å². The van der Waals surface area contributed by atoms with Crippen LogP contribution in [-0.2, 0) is 14.3 Å². The topological polar surface area (TPSA) is 80.8 Å². The largest absolute Gasteiger partial charge is 0.454 e. The maximum Gasteiger partial charge on any atom is 0.340 e. The number of halogens is 1. The molecule has 33 heavy (non-hydrogen) atoms. The van der Waals surface area contributed by atoms with Crippen LogP contribution in [0, 0.1) is 35.5 Å². The van der Waals surface area contributed by atoms with Crippen molar-refractivity contribution in [1.29, 1.82) is 0 Å². The molecule has 7 heteroatoms. The Kier molecular flexibility index (Phi) is 4.56. The van der Waals surface area contributed by atoms with E-state index in [9.17, 15) is 19.2 Å². The van der Waals surface area contributed by atoms with Crippen molar-refractivity contribution >= 4 is 40.9 Å². The van der Waals surface area contributed by atoms with Crippen molar-refractivity contribution in [2.24, 2.45) is 35.5 Å². The smallest absolute Gasteiger partial charge is 0.340 e. The third-order valence-electron chi connectivity index (χ3n) is 7.53. The molecule has 0 unspecified atom stereocenters. The van der Waals surface area contributed by atoms with Crippen molar-refractivity contribution in [3.05, 3.63) is 76.8 Å². The lowest BCUT2D eigenvalue weighted by atomic mass is 9.63. The van der Waals surface area contributed by atoms with Gasteiger partial charge in [0.05, 0.1) is 23.1 Å². The van der Waals surface area contributed by atoms with Crippen LogP contribution in [0.3, 0.4) is 0 Å². The number of para-hydroxylation sites is 1. The van der Waals surface area contributed by atoms with Gasteiger partial charge in [0.1, 0.15) is 0 Å². The minimum Gasteiger partial charge on any atom is -0.454 e. The maximum absolute atomic E-state index is 13.4. The first-order chi connectivity index (χ1) is 16.0. The molecular formula is C26H20ClNO5. The first kappa shape index (κ1) is 20.4. The summed E-state index contributed by atoms with van der Waals surface area (Å²) in [5.41, 5.74) is 0.683. The molecule has 1 heterocycles. The second kappa shape index (κ2) is 7.39. The van der Waals surface area contributed by atoms with E-state index in [1.54, 1.807) is 42.5 Å². The fourth-order valence-corrected chi connectivity index (χ4v) is 6.09. The van der Waals surface area contributed by atoms with Crippen LogP contribution < -0.4 is 4.90 Å². The number of amides is 2. The lowest BCUT2D eigenvalue weighted by molar-refractivity contribution is -0.124. The quantitative estimate of drug-likeness (QED) is 0.291. The zero-order chi connectivity index (χ0) is 22.9. The van der Waals surface area contributed by atoms with Crippen molar-refractivity contribution in [2.75, 3.05) is 11.5 Å². The number of anilines is 1. The van der Waals surface area contributed by atoms with E-state index < -0.39 is 12.6 Å². The van der Waals surface area contributed by atoms with Gasteiger partial charge >= 0.3 is 5.97 Å². The molecule has 3 fully saturated rings. The van der Waals surface area contributed by atoms with Crippen LogP contribution in [-0.4, -0.2) is 30.2 Å². The van der Waals surface area contributed by atoms with E-state index in [2.05, 4.69) is 12.2 Å². The number of esters is 1. The van der Waals surface area contributed by atoms with Crippen LogP contribution in [0.4, 0.5) is 5.69 Å². The number of ketones is 1. The summed E-state index contributed by atoms with van der Waals surface area (Å²) in [5, 5.41) is 0.499. The Bertz CT molecular complexity index is 1200. The number of ether oxygens (including phenoxy) is 1. The van der Waals surface area contributed by atoms with Gasteiger partial charge in [-0.1, -0.05) is 35.9 Å². The molecule has 0 aromatic heterocycles. The second-order valence-electron chi connectivity index (χ2n) is 9.19. The van der Waals surface area contributed by atoms with Gasteiger partial charge in [-0.3, -0.25) is 14.4 Å². The molecule has 2 saturated carbocycles. The Morgan fingerprint density at radius 3 is 2.15 bits per heavy atom. The highest BCUT2D eigenvalue weighted by Crippen LogP contribution is 2.65. The number of carbonyl (C=O) groups excluding carboxylic acids is 4. The van der Waals surface area contributed by atoms with Gasteiger partial charge in [0.25, 0.3) is 0 Å². The van der Waals surface area contributed by atoms with Crippen molar-refractivity contribution in [3.8, 4) is 0 Å². The summed E-state index contributed by atoms with van der Waals surface area (Å²) in [5.74, 6) is -1.14. The monoisotopic (exact) mass is 461 g/mol. The third kappa shape index (κ3) is 3.08. The molecular weight excluding hydrogens is 442 g/mol. The number of hydrogen-bond acceptors (Lipinski definition) is 5. The highest BCUT2D eigenvalue weighted by Gasteiger charge is 2.67. The zero-order valence-corrected chi connectivity index (χ0v) is 18.3. The number of imide groups is 1. The summed E-state index contributed by atoms with van der Waals surface area (Å²) >= 11 is 5.84. The number of hydrogen-bond donors (Lipinski definition) is 0. The molecule has 2 aromatic rings. The molecule has 0 N–H and O–H groups in total. The highest BCUT2D eigenvalue weighted by molar-refractivity contribution is 6.30.